The molecule has 3 rings (SSSR count). The summed E-state index contributed by atoms with van der Waals surface area (Å²) in [7, 11) is 0. The second-order valence-electron chi connectivity index (χ2n) is 7.02. The third-order valence-corrected chi connectivity index (χ3v) is 6.26. The Labute approximate surface area is 164 Å². The van der Waals surface area contributed by atoms with E-state index in [-0.39, 0.29) is 23.4 Å². The molecular weight excluding hydrogens is 362 g/mol. The molecule has 2 heterocycles. The van der Waals surface area contributed by atoms with E-state index in [9.17, 15) is 14.7 Å². The van der Waals surface area contributed by atoms with Gasteiger partial charge in [-0.15, -0.1) is 11.3 Å². The Morgan fingerprint density at radius 1 is 1.33 bits per heavy atom. The molecule has 1 saturated heterocycles. The van der Waals surface area contributed by atoms with E-state index in [0.29, 0.717) is 31.4 Å². The van der Waals surface area contributed by atoms with E-state index in [0.717, 1.165) is 37.6 Å². The zero-order chi connectivity index (χ0) is 19.2. The minimum absolute atomic E-state index is 0.0346. The molecule has 1 fully saturated rings. The van der Waals surface area contributed by atoms with E-state index in [1.165, 1.54) is 0 Å². The summed E-state index contributed by atoms with van der Waals surface area (Å²) in [5.41, 5.74) is 0.362. The summed E-state index contributed by atoms with van der Waals surface area (Å²) in [6, 6.07) is 3.99. The monoisotopic (exact) mass is 389 g/mol. The molecular formula is C20H27N3O3S. The molecule has 2 aliphatic rings. The molecule has 1 atom stereocenters. The van der Waals surface area contributed by atoms with E-state index in [1.54, 1.807) is 17.6 Å². The lowest BCUT2D eigenvalue weighted by atomic mass is 9.86. The van der Waals surface area contributed by atoms with Crippen molar-refractivity contribution in [1.29, 1.82) is 0 Å². The molecule has 7 heteroatoms. The van der Waals surface area contributed by atoms with Gasteiger partial charge < -0.3 is 10.0 Å². The topological polar surface area (TPSA) is 73.2 Å². The summed E-state index contributed by atoms with van der Waals surface area (Å²) in [5.74, 6) is 0.413. The molecule has 0 bridgehead atoms. The number of aliphatic hydroxyl groups excluding tert-OH is 1. The minimum Gasteiger partial charge on any atom is -0.511 e. The highest BCUT2D eigenvalue weighted by Crippen LogP contribution is 2.35. The van der Waals surface area contributed by atoms with Gasteiger partial charge in [0, 0.05) is 69.0 Å². The first-order valence-electron chi connectivity index (χ1n) is 9.57. The average molecular weight is 390 g/mol. The molecule has 1 aromatic heterocycles. The van der Waals surface area contributed by atoms with E-state index >= 15 is 0 Å². The second-order valence-corrected chi connectivity index (χ2v) is 7.99. The van der Waals surface area contributed by atoms with Crippen LogP contribution >= 0.6 is 11.3 Å². The maximum absolute atomic E-state index is 12.4. The van der Waals surface area contributed by atoms with Gasteiger partial charge in [0.25, 0.3) is 0 Å². The summed E-state index contributed by atoms with van der Waals surface area (Å²) in [6.07, 6.45) is 3.03. The van der Waals surface area contributed by atoms with Gasteiger partial charge in [0.2, 0.25) is 5.91 Å². The first-order chi connectivity index (χ1) is 13.1. The number of thiophene rings is 1. The number of nitrogens with zero attached hydrogens (tertiary/aromatic N) is 3. The first-order valence-corrected chi connectivity index (χ1v) is 10.4. The number of hydrogen-bond donors (Lipinski definition) is 1. The Balaban J connectivity index is 1.46. The van der Waals surface area contributed by atoms with Crippen LogP contribution in [0.5, 0.6) is 0 Å². The summed E-state index contributed by atoms with van der Waals surface area (Å²) < 4.78 is 0. The number of rotatable bonds is 6. The van der Waals surface area contributed by atoms with Gasteiger partial charge in [-0.25, -0.2) is 0 Å². The van der Waals surface area contributed by atoms with E-state index in [4.69, 9.17) is 0 Å². The van der Waals surface area contributed by atoms with Crippen LogP contribution in [-0.4, -0.2) is 72.1 Å². The number of piperazine rings is 1. The van der Waals surface area contributed by atoms with Gasteiger partial charge in [0.05, 0.1) is 12.1 Å². The highest BCUT2D eigenvalue weighted by Gasteiger charge is 2.28. The fourth-order valence-electron chi connectivity index (χ4n) is 3.58. The molecule has 146 valence electrons. The van der Waals surface area contributed by atoms with Gasteiger partial charge in [-0.1, -0.05) is 13.0 Å². The molecule has 6 nitrogen and oxygen atoms in total. The van der Waals surface area contributed by atoms with E-state index < -0.39 is 0 Å². The summed E-state index contributed by atoms with van der Waals surface area (Å²) in [4.78, 5) is 33.8. The molecule has 1 N–H and O–H groups in total. The van der Waals surface area contributed by atoms with Gasteiger partial charge in [-0.05, 0) is 11.4 Å². The standard InChI is InChI=1S/C20H27N3O3S/c1-2-20(26)23-9-7-22(8-10-23)6-5-21-14-16-17(24)12-15(13-18(16)25)19-4-3-11-27-19/h3-4,11,14-15,24H,2,5-10,12-13H2,1H3. The van der Waals surface area contributed by atoms with Crippen LogP contribution in [0.2, 0.25) is 0 Å². The van der Waals surface area contributed by atoms with Crippen molar-refractivity contribution in [3.8, 4) is 0 Å². The van der Waals surface area contributed by atoms with Crippen LogP contribution in [0, 0.1) is 0 Å². The van der Waals surface area contributed by atoms with E-state index in [1.807, 2.05) is 29.3 Å². The van der Waals surface area contributed by atoms with Gasteiger partial charge in [-0.3, -0.25) is 19.5 Å². The summed E-state index contributed by atoms with van der Waals surface area (Å²) in [6.45, 7) is 6.52. The molecule has 0 radical (unpaired) electrons. The van der Waals surface area contributed by atoms with Crippen LogP contribution in [0.3, 0.4) is 0 Å². The number of aliphatic hydroxyl groups is 1. The third-order valence-electron chi connectivity index (χ3n) is 5.22. The van der Waals surface area contributed by atoms with Crippen molar-refractivity contribution in [3.05, 3.63) is 33.7 Å². The van der Waals surface area contributed by atoms with Crippen LogP contribution in [0.4, 0.5) is 0 Å². The fraction of sp³-hybridized carbons (Fsp3) is 0.550. The van der Waals surface area contributed by atoms with Gasteiger partial charge in [-0.2, -0.15) is 0 Å². The van der Waals surface area contributed by atoms with Crippen molar-refractivity contribution in [2.75, 3.05) is 39.3 Å². The number of aliphatic imine (C=N–C) groups is 1. The fourth-order valence-corrected chi connectivity index (χ4v) is 4.41. The smallest absolute Gasteiger partial charge is 0.222 e. The number of Topliss-reactive ketones (excluding diaryl/α,β-unsaturated/α-hetero) is 1. The number of hydrogen-bond acceptors (Lipinski definition) is 6. The van der Waals surface area contributed by atoms with Crippen molar-refractivity contribution in [2.45, 2.75) is 32.1 Å². The summed E-state index contributed by atoms with van der Waals surface area (Å²) >= 11 is 1.63. The first kappa shape index (κ1) is 19.8. The maximum Gasteiger partial charge on any atom is 0.222 e. The number of carbonyl (C=O) groups is 2. The Bertz CT molecular complexity index is 719. The molecule has 0 saturated carbocycles. The van der Waals surface area contributed by atoms with Gasteiger partial charge in [0.1, 0.15) is 5.76 Å². The Morgan fingerprint density at radius 3 is 2.74 bits per heavy atom. The predicted molar refractivity (Wildman–Crippen MR) is 108 cm³/mol. The van der Waals surface area contributed by atoms with Crippen molar-refractivity contribution < 1.29 is 14.7 Å². The normalized spacial score (nSPS) is 22.0. The zero-order valence-corrected chi connectivity index (χ0v) is 16.6. The van der Waals surface area contributed by atoms with Gasteiger partial charge in [0.15, 0.2) is 5.78 Å². The molecule has 27 heavy (non-hydrogen) atoms. The lowest BCUT2D eigenvalue weighted by Crippen LogP contribution is -2.49. The molecule has 1 unspecified atom stereocenters. The molecule has 0 spiro atoms. The lowest BCUT2D eigenvalue weighted by molar-refractivity contribution is -0.132. The summed E-state index contributed by atoms with van der Waals surface area (Å²) in [5, 5.41) is 12.3. The molecule has 1 aliphatic carbocycles. The molecule has 1 aromatic rings. The Morgan fingerprint density at radius 2 is 2.11 bits per heavy atom. The van der Waals surface area contributed by atoms with Crippen LogP contribution < -0.4 is 0 Å². The minimum atomic E-state index is -0.0346. The number of ketones is 1. The van der Waals surface area contributed by atoms with Crippen molar-refractivity contribution in [1.82, 2.24) is 9.80 Å². The van der Waals surface area contributed by atoms with E-state index in [2.05, 4.69) is 9.89 Å². The van der Waals surface area contributed by atoms with Crippen molar-refractivity contribution >= 4 is 29.2 Å². The SMILES string of the molecule is CCC(=O)N1CCN(CCN=CC2=C(O)CC(c3cccs3)CC2=O)CC1. The largest absolute Gasteiger partial charge is 0.511 e. The number of amides is 1. The maximum atomic E-state index is 12.4. The molecule has 0 aromatic carbocycles. The number of allylic oxidation sites excluding steroid dienone is 2. The van der Waals surface area contributed by atoms with Crippen LogP contribution in [0.15, 0.2) is 33.8 Å². The van der Waals surface area contributed by atoms with Crippen LogP contribution in [0.1, 0.15) is 37.0 Å². The van der Waals surface area contributed by atoms with Crippen LogP contribution in [0.25, 0.3) is 0 Å². The quantitative estimate of drug-likeness (QED) is 0.759. The second kappa shape index (κ2) is 9.28. The lowest BCUT2D eigenvalue weighted by Gasteiger charge is -2.34. The molecule has 1 aliphatic heterocycles. The highest BCUT2D eigenvalue weighted by atomic mass is 32.1. The average Bonchev–Trinajstić information content (AvgIpc) is 3.21. The Hall–Kier alpha value is -1.99. The zero-order valence-electron chi connectivity index (χ0n) is 15.8. The highest BCUT2D eigenvalue weighted by molar-refractivity contribution is 7.10. The third kappa shape index (κ3) is 5.05. The number of carbonyl (C=O) groups excluding carboxylic acids is 2. The molecule has 1 amide bonds. The van der Waals surface area contributed by atoms with Gasteiger partial charge >= 0.3 is 0 Å². The predicted octanol–water partition coefficient (Wildman–Crippen LogP) is 2.63. The van der Waals surface area contributed by atoms with Crippen LogP contribution in [-0.2, 0) is 9.59 Å². The van der Waals surface area contributed by atoms with Crippen molar-refractivity contribution in [3.63, 3.8) is 0 Å². The Kier molecular flexibility index (Phi) is 6.79. The van der Waals surface area contributed by atoms with Crippen molar-refractivity contribution in [2.24, 2.45) is 4.99 Å².